The monoisotopic (exact) mass is 541 g/mol. The van der Waals surface area contributed by atoms with Gasteiger partial charge in [0, 0.05) is 31.4 Å². The van der Waals surface area contributed by atoms with Crippen LogP contribution in [0.2, 0.25) is 0 Å². The molecule has 0 bridgehead atoms. The van der Waals surface area contributed by atoms with E-state index < -0.39 is 5.97 Å². The first-order valence-electron chi connectivity index (χ1n) is 13.9. The zero-order chi connectivity index (χ0) is 28.1. The molecule has 2 aromatic carbocycles. The number of methoxy groups -OCH3 is 1. The van der Waals surface area contributed by atoms with E-state index in [-0.39, 0.29) is 18.4 Å². The number of nitrogens with one attached hydrogen (secondary N) is 1. The molecular weight excluding hydrogens is 506 g/mol. The van der Waals surface area contributed by atoms with Crippen LogP contribution in [0.15, 0.2) is 48.5 Å². The van der Waals surface area contributed by atoms with Crippen molar-refractivity contribution in [1.29, 1.82) is 0 Å². The van der Waals surface area contributed by atoms with Gasteiger partial charge < -0.3 is 19.7 Å². The smallest absolute Gasteiger partial charge is 0.339 e. The van der Waals surface area contributed by atoms with Crippen molar-refractivity contribution in [3.63, 3.8) is 0 Å². The van der Waals surface area contributed by atoms with Crippen LogP contribution in [0.5, 0.6) is 5.75 Å². The van der Waals surface area contributed by atoms with Gasteiger partial charge in [-0.1, -0.05) is 37.3 Å². The van der Waals surface area contributed by atoms with Crippen LogP contribution >= 0.6 is 0 Å². The first-order chi connectivity index (χ1) is 19.4. The Hall–Kier alpha value is -4.20. The van der Waals surface area contributed by atoms with Crippen LogP contribution in [-0.4, -0.2) is 61.0 Å². The van der Waals surface area contributed by atoms with Gasteiger partial charge in [0.2, 0.25) is 5.91 Å². The fourth-order valence-corrected chi connectivity index (χ4v) is 5.56. The Bertz CT molecular complexity index is 1450. The number of para-hydroxylation sites is 1. The number of esters is 1. The summed E-state index contributed by atoms with van der Waals surface area (Å²) in [6, 6.07) is 15.4. The number of pyridine rings is 1. The summed E-state index contributed by atoms with van der Waals surface area (Å²) in [7, 11) is 1.64. The summed E-state index contributed by atoms with van der Waals surface area (Å²) in [5.74, 6) is 0.383. The number of ether oxygens (including phenoxy) is 2. The molecule has 0 radical (unpaired) electrons. The lowest BCUT2D eigenvalue weighted by molar-refractivity contribution is -0.127. The summed E-state index contributed by atoms with van der Waals surface area (Å²) < 4.78 is 10.8. The lowest BCUT2D eigenvalue weighted by atomic mass is 9.80. The second kappa shape index (κ2) is 12.3. The van der Waals surface area contributed by atoms with E-state index in [1.807, 2.05) is 53.4 Å². The van der Waals surface area contributed by atoms with Crippen LogP contribution in [0.25, 0.3) is 22.6 Å². The second-order valence-electron chi connectivity index (χ2n) is 10.6. The molecule has 1 aromatic heterocycles. The molecule has 1 aliphatic heterocycles. The Balaban J connectivity index is 1.34. The van der Waals surface area contributed by atoms with Crippen molar-refractivity contribution >= 4 is 40.3 Å². The van der Waals surface area contributed by atoms with Crippen molar-refractivity contribution in [3.8, 4) is 5.75 Å². The summed E-state index contributed by atoms with van der Waals surface area (Å²) in [5, 5.41) is 3.51. The molecule has 208 valence electrons. The number of nitrogens with zero attached hydrogens (tertiary/aromatic N) is 2. The van der Waals surface area contributed by atoms with Crippen molar-refractivity contribution in [2.45, 2.75) is 39.0 Å². The van der Waals surface area contributed by atoms with E-state index in [1.54, 1.807) is 7.11 Å². The number of hydrogen-bond donors (Lipinski definition) is 1. The van der Waals surface area contributed by atoms with Gasteiger partial charge in [-0.15, -0.1) is 0 Å². The molecule has 5 rings (SSSR count). The molecule has 8 nitrogen and oxygen atoms in total. The Labute approximate surface area is 234 Å². The molecule has 0 spiro atoms. The molecule has 3 aromatic rings. The highest BCUT2D eigenvalue weighted by Crippen LogP contribution is 2.38. The van der Waals surface area contributed by atoms with Gasteiger partial charge in [0.05, 0.1) is 23.9 Å². The number of amides is 2. The maximum absolute atomic E-state index is 13.5. The first-order valence-corrected chi connectivity index (χ1v) is 13.9. The van der Waals surface area contributed by atoms with Gasteiger partial charge >= 0.3 is 5.97 Å². The van der Waals surface area contributed by atoms with Crippen LogP contribution in [0.4, 0.5) is 0 Å². The summed E-state index contributed by atoms with van der Waals surface area (Å²) in [6.45, 7) is 3.63. The summed E-state index contributed by atoms with van der Waals surface area (Å²) in [4.78, 5) is 44.5. The lowest BCUT2D eigenvalue weighted by Gasteiger charge is -2.26. The predicted octanol–water partition coefficient (Wildman–Crippen LogP) is 4.65. The quantitative estimate of drug-likeness (QED) is 0.313. The highest BCUT2D eigenvalue weighted by Gasteiger charge is 2.29. The normalized spacial score (nSPS) is 17.6. The van der Waals surface area contributed by atoms with E-state index >= 15 is 0 Å². The van der Waals surface area contributed by atoms with Crippen LogP contribution in [0.1, 0.15) is 59.8 Å². The van der Waals surface area contributed by atoms with E-state index in [9.17, 15) is 14.4 Å². The molecule has 2 amide bonds. The van der Waals surface area contributed by atoms with Gasteiger partial charge in [-0.2, -0.15) is 0 Å². The number of benzene rings is 2. The zero-order valence-electron chi connectivity index (χ0n) is 23.1. The highest BCUT2D eigenvalue weighted by molar-refractivity contribution is 6.07. The molecule has 40 heavy (non-hydrogen) atoms. The minimum absolute atomic E-state index is 0.171. The number of carbonyl (C=O) groups is 3. The Morgan fingerprint density at radius 2 is 1.93 bits per heavy atom. The summed E-state index contributed by atoms with van der Waals surface area (Å²) in [6.07, 6.45) is 5.81. The number of carbonyl (C=O) groups excluding carboxylic acids is 3. The average Bonchev–Trinajstić information content (AvgIpc) is 3.37. The maximum atomic E-state index is 13.5. The number of hydrogen-bond acceptors (Lipinski definition) is 6. The molecular formula is C32H35N3O5. The largest absolute Gasteiger partial charge is 0.497 e. The molecule has 8 heteroatoms. The van der Waals surface area contributed by atoms with Gasteiger partial charge in [0.25, 0.3) is 5.91 Å². The highest BCUT2D eigenvalue weighted by atomic mass is 16.5. The number of allylic oxidation sites excluding steroid dienone is 1. The van der Waals surface area contributed by atoms with Gasteiger partial charge in [-0.05, 0) is 72.6 Å². The fraction of sp³-hybridized carbons (Fsp3) is 0.375. The van der Waals surface area contributed by atoms with Crippen molar-refractivity contribution < 1.29 is 23.9 Å². The van der Waals surface area contributed by atoms with E-state index in [0.717, 1.165) is 52.9 Å². The number of fused-ring (bicyclic) bond motifs is 2. The molecule has 2 heterocycles. The SMILES string of the molecule is COc1ccc(/C=C2\CC(C)Cc3c2nc2ccccc2c3C(=O)OCC(=O)NCCCN2CCCC2=O)cc1. The van der Waals surface area contributed by atoms with Crippen LogP contribution < -0.4 is 10.1 Å². The summed E-state index contributed by atoms with van der Waals surface area (Å²) >= 11 is 0. The van der Waals surface area contributed by atoms with E-state index in [4.69, 9.17) is 14.5 Å². The van der Waals surface area contributed by atoms with Crippen molar-refractivity contribution in [1.82, 2.24) is 15.2 Å². The van der Waals surface area contributed by atoms with Crippen molar-refractivity contribution in [3.05, 3.63) is 70.9 Å². The van der Waals surface area contributed by atoms with Gasteiger partial charge in [0.15, 0.2) is 6.61 Å². The molecule has 0 saturated carbocycles. The van der Waals surface area contributed by atoms with Crippen LogP contribution in [-0.2, 0) is 20.7 Å². The lowest BCUT2D eigenvalue weighted by Crippen LogP contribution is -2.33. The standard InChI is InChI=1S/C32H35N3O5/c1-21-17-23(19-22-10-12-24(39-2)13-11-22)31-26(18-21)30(25-7-3-4-8-27(25)34-31)32(38)40-20-28(36)33-14-6-16-35-15-5-9-29(35)37/h3-4,7-8,10-13,19,21H,5-6,9,14-18,20H2,1-2H3,(H,33,36)/b23-19+. The second-order valence-corrected chi connectivity index (χ2v) is 10.6. The first kappa shape index (κ1) is 27.4. The van der Waals surface area contributed by atoms with E-state index in [2.05, 4.69) is 18.3 Å². The fourth-order valence-electron chi connectivity index (χ4n) is 5.56. The third-order valence-electron chi connectivity index (χ3n) is 7.51. The molecule has 1 atom stereocenters. The summed E-state index contributed by atoms with van der Waals surface area (Å²) in [5.41, 5.74) is 4.95. The number of rotatable bonds is 9. The van der Waals surface area contributed by atoms with E-state index in [0.29, 0.717) is 49.4 Å². The maximum Gasteiger partial charge on any atom is 0.339 e. The molecule has 1 fully saturated rings. The molecule has 1 unspecified atom stereocenters. The van der Waals surface area contributed by atoms with Crippen molar-refractivity contribution in [2.75, 3.05) is 33.4 Å². The number of aromatic nitrogens is 1. The molecule has 1 saturated heterocycles. The molecule has 2 aliphatic rings. The third kappa shape index (κ3) is 6.17. The van der Waals surface area contributed by atoms with Crippen LogP contribution in [0, 0.1) is 5.92 Å². The predicted molar refractivity (Wildman–Crippen MR) is 154 cm³/mol. The molecule has 1 aliphatic carbocycles. The van der Waals surface area contributed by atoms with Gasteiger partial charge in [-0.25, -0.2) is 9.78 Å². The third-order valence-corrected chi connectivity index (χ3v) is 7.51. The zero-order valence-corrected chi connectivity index (χ0v) is 23.1. The molecule has 1 N–H and O–H groups in total. The Morgan fingerprint density at radius 1 is 1.12 bits per heavy atom. The van der Waals surface area contributed by atoms with Crippen LogP contribution in [0.3, 0.4) is 0 Å². The minimum Gasteiger partial charge on any atom is -0.497 e. The van der Waals surface area contributed by atoms with Gasteiger partial charge in [-0.3, -0.25) is 9.59 Å². The van der Waals surface area contributed by atoms with E-state index in [1.165, 1.54) is 0 Å². The Morgan fingerprint density at radius 3 is 2.67 bits per heavy atom. The average molecular weight is 542 g/mol. The minimum atomic E-state index is -0.523. The van der Waals surface area contributed by atoms with Gasteiger partial charge in [0.1, 0.15) is 5.75 Å². The Kier molecular flexibility index (Phi) is 8.43. The number of likely N-dealkylation sites (tertiary alicyclic amines) is 1. The topological polar surface area (TPSA) is 97.8 Å². The van der Waals surface area contributed by atoms with Crippen molar-refractivity contribution in [2.24, 2.45) is 5.92 Å².